The molecule has 6 nitrogen and oxygen atoms in total. The first-order chi connectivity index (χ1) is 11.2. The van der Waals surface area contributed by atoms with E-state index in [0.29, 0.717) is 12.3 Å². The Kier molecular flexibility index (Phi) is 5.31. The lowest BCUT2D eigenvalue weighted by Crippen LogP contribution is -2.55. The van der Waals surface area contributed by atoms with Crippen molar-refractivity contribution in [1.82, 2.24) is 4.90 Å². The summed E-state index contributed by atoms with van der Waals surface area (Å²) in [5.74, 6) is -1.10. The van der Waals surface area contributed by atoms with Crippen LogP contribution in [-0.4, -0.2) is 48.9 Å². The van der Waals surface area contributed by atoms with Crippen molar-refractivity contribution in [3.8, 4) is 5.75 Å². The number of hydrogen-bond donors (Lipinski definition) is 0. The second-order valence-electron chi connectivity index (χ2n) is 6.56. The molecule has 1 aromatic carbocycles. The van der Waals surface area contributed by atoms with Crippen LogP contribution in [0.4, 0.5) is 9.18 Å². The average molecular weight is 339 g/mol. The molecule has 1 saturated heterocycles. The Hall–Kier alpha value is -2.31. The lowest BCUT2D eigenvalue weighted by atomic mass is 10.1. The third-order valence-corrected chi connectivity index (χ3v) is 3.56. The molecule has 1 heterocycles. The van der Waals surface area contributed by atoms with Gasteiger partial charge in [0, 0.05) is 6.54 Å². The number of halogens is 1. The van der Waals surface area contributed by atoms with Crippen LogP contribution < -0.4 is 4.74 Å². The zero-order valence-electron chi connectivity index (χ0n) is 14.3. The molecule has 1 aliphatic rings. The number of carbonyl (C=O) groups is 2. The third kappa shape index (κ3) is 4.37. The fourth-order valence-corrected chi connectivity index (χ4v) is 2.23. The van der Waals surface area contributed by atoms with Gasteiger partial charge in [0.15, 0.2) is 0 Å². The molecule has 7 heteroatoms. The van der Waals surface area contributed by atoms with E-state index in [1.165, 1.54) is 19.2 Å². The highest BCUT2D eigenvalue weighted by atomic mass is 19.1. The van der Waals surface area contributed by atoms with Crippen LogP contribution in [0.2, 0.25) is 0 Å². The Balaban J connectivity index is 1.94. The summed E-state index contributed by atoms with van der Waals surface area (Å²) in [5.41, 5.74) is -0.739. The van der Waals surface area contributed by atoms with Crippen molar-refractivity contribution in [3.05, 3.63) is 29.6 Å². The number of hydrogen-bond acceptors (Lipinski definition) is 5. The van der Waals surface area contributed by atoms with Gasteiger partial charge < -0.3 is 19.1 Å². The van der Waals surface area contributed by atoms with Crippen LogP contribution >= 0.6 is 0 Å². The van der Waals surface area contributed by atoms with E-state index < -0.39 is 17.4 Å². The molecule has 24 heavy (non-hydrogen) atoms. The molecule has 0 spiro atoms. The van der Waals surface area contributed by atoms with Crippen LogP contribution in [0.1, 0.15) is 37.6 Å². The molecule has 0 bridgehead atoms. The maximum absolute atomic E-state index is 13.6. The molecular formula is C17H22FNO5. The van der Waals surface area contributed by atoms with Crippen LogP contribution in [0.3, 0.4) is 0 Å². The average Bonchev–Trinajstić information content (AvgIpc) is 2.45. The molecule has 1 fully saturated rings. The zero-order chi connectivity index (χ0) is 17.9. The minimum absolute atomic E-state index is 0.105. The second-order valence-corrected chi connectivity index (χ2v) is 6.56. The van der Waals surface area contributed by atoms with Gasteiger partial charge in [0.25, 0.3) is 0 Å². The van der Waals surface area contributed by atoms with Crippen molar-refractivity contribution in [2.24, 2.45) is 0 Å². The van der Waals surface area contributed by atoms with Gasteiger partial charge in [-0.3, -0.25) is 0 Å². The molecule has 0 N–H and O–H groups in total. The van der Waals surface area contributed by atoms with Crippen molar-refractivity contribution >= 4 is 12.1 Å². The number of likely N-dealkylation sites (tertiary alicyclic amines) is 1. The summed E-state index contributed by atoms with van der Waals surface area (Å²) >= 11 is 0. The van der Waals surface area contributed by atoms with E-state index >= 15 is 0 Å². The van der Waals surface area contributed by atoms with Gasteiger partial charge in [0.1, 0.15) is 23.8 Å². The molecule has 2 rings (SSSR count). The Labute approximate surface area is 140 Å². The number of esters is 1. The minimum Gasteiger partial charge on any atom is -0.491 e. The van der Waals surface area contributed by atoms with E-state index in [4.69, 9.17) is 9.47 Å². The van der Waals surface area contributed by atoms with E-state index in [1.807, 2.05) is 20.8 Å². The molecular weight excluding hydrogens is 317 g/mol. The molecule has 1 aliphatic heterocycles. The van der Waals surface area contributed by atoms with Crippen LogP contribution in [0, 0.1) is 5.82 Å². The van der Waals surface area contributed by atoms with Crippen molar-refractivity contribution in [2.45, 2.75) is 38.8 Å². The molecule has 132 valence electrons. The monoisotopic (exact) mass is 339 g/mol. The summed E-state index contributed by atoms with van der Waals surface area (Å²) in [6.45, 7) is 6.28. The van der Waals surface area contributed by atoms with Gasteiger partial charge in [-0.1, -0.05) is 0 Å². The van der Waals surface area contributed by atoms with Gasteiger partial charge in [-0.25, -0.2) is 14.0 Å². The fourth-order valence-electron chi connectivity index (χ4n) is 2.23. The Morgan fingerprint density at radius 3 is 2.58 bits per heavy atom. The molecule has 1 amide bonds. The normalized spacial score (nSPS) is 17.0. The number of rotatable bonds is 4. The summed E-state index contributed by atoms with van der Waals surface area (Å²) in [6.07, 6.45) is 0.418. The number of methoxy groups -OCH3 is 1. The van der Waals surface area contributed by atoms with Crippen molar-refractivity contribution in [3.63, 3.8) is 0 Å². The molecule has 0 unspecified atom stereocenters. The largest absolute Gasteiger partial charge is 0.491 e. The number of carbonyl (C=O) groups excluding carboxylic acids is 2. The number of ether oxygens (including phenoxy) is 3. The van der Waals surface area contributed by atoms with Gasteiger partial charge in [-0.15, -0.1) is 0 Å². The third-order valence-electron chi connectivity index (χ3n) is 3.56. The van der Waals surface area contributed by atoms with Crippen LogP contribution in [0.5, 0.6) is 5.75 Å². The summed E-state index contributed by atoms with van der Waals surface area (Å²) in [6, 6.07) is 3.76. The van der Waals surface area contributed by atoms with Gasteiger partial charge >= 0.3 is 12.1 Å². The van der Waals surface area contributed by atoms with Crippen LogP contribution in [0.15, 0.2) is 18.2 Å². The van der Waals surface area contributed by atoms with Gasteiger partial charge in [-0.05, 0) is 45.4 Å². The Bertz CT molecular complexity index is 626. The lowest BCUT2D eigenvalue weighted by molar-refractivity contribution is -0.0141. The topological polar surface area (TPSA) is 65.1 Å². The number of amides is 1. The smallest absolute Gasteiger partial charge is 0.410 e. The SMILES string of the molecule is COC(=O)c1cc(OC[C@@H]2CCN2C(=O)OC(C)(C)C)ccc1F. The Morgan fingerprint density at radius 1 is 1.33 bits per heavy atom. The second kappa shape index (κ2) is 7.07. The van der Waals surface area contributed by atoms with Gasteiger partial charge in [0.05, 0.1) is 18.7 Å². The molecule has 1 aromatic rings. The summed E-state index contributed by atoms with van der Waals surface area (Å²) in [5, 5.41) is 0. The molecule has 0 saturated carbocycles. The highest BCUT2D eigenvalue weighted by Gasteiger charge is 2.35. The predicted molar refractivity (Wildman–Crippen MR) is 84.6 cm³/mol. The van der Waals surface area contributed by atoms with Crippen LogP contribution in [-0.2, 0) is 9.47 Å². The standard InChI is InChI=1S/C17H22FNO5/c1-17(2,3)24-16(21)19-8-7-11(19)10-23-12-5-6-14(18)13(9-12)15(20)22-4/h5-6,9,11H,7-8,10H2,1-4H3/t11-/m0/s1. The first kappa shape index (κ1) is 18.0. The first-order valence-electron chi connectivity index (χ1n) is 7.71. The lowest BCUT2D eigenvalue weighted by Gasteiger charge is -2.41. The molecule has 0 aromatic heterocycles. The maximum atomic E-state index is 13.6. The van der Waals surface area contributed by atoms with E-state index in [-0.39, 0.29) is 24.3 Å². The maximum Gasteiger partial charge on any atom is 0.410 e. The summed E-state index contributed by atoms with van der Waals surface area (Å²) < 4.78 is 29.0. The molecule has 0 aliphatic carbocycles. The fraction of sp³-hybridized carbons (Fsp3) is 0.529. The van der Waals surface area contributed by atoms with E-state index in [9.17, 15) is 14.0 Å². The first-order valence-corrected chi connectivity index (χ1v) is 7.71. The van der Waals surface area contributed by atoms with E-state index in [1.54, 1.807) is 4.90 Å². The van der Waals surface area contributed by atoms with Crippen molar-refractivity contribution < 1.29 is 28.2 Å². The van der Waals surface area contributed by atoms with Gasteiger partial charge in [-0.2, -0.15) is 0 Å². The highest BCUT2D eigenvalue weighted by Crippen LogP contribution is 2.23. The van der Waals surface area contributed by atoms with E-state index in [2.05, 4.69) is 4.74 Å². The van der Waals surface area contributed by atoms with Crippen molar-refractivity contribution in [2.75, 3.05) is 20.3 Å². The molecule has 1 atom stereocenters. The summed E-state index contributed by atoms with van der Waals surface area (Å²) in [7, 11) is 1.18. The Morgan fingerprint density at radius 2 is 2.04 bits per heavy atom. The van der Waals surface area contributed by atoms with Crippen LogP contribution in [0.25, 0.3) is 0 Å². The highest BCUT2D eigenvalue weighted by molar-refractivity contribution is 5.90. The quantitative estimate of drug-likeness (QED) is 0.789. The van der Waals surface area contributed by atoms with Crippen molar-refractivity contribution in [1.29, 1.82) is 0 Å². The number of nitrogens with zero attached hydrogens (tertiary/aromatic N) is 1. The van der Waals surface area contributed by atoms with Gasteiger partial charge in [0.2, 0.25) is 0 Å². The van der Waals surface area contributed by atoms with E-state index in [0.717, 1.165) is 12.5 Å². The predicted octanol–water partition coefficient (Wildman–Crippen LogP) is 3.00. The summed E-state index contributed by atoms with van der Waals surface area (Å²) in [4.78, 5) is 25.1. The minimum atomic E-state index is -0.767. The molecule has 0 radical (unpaired) electrons. The zero-order valence-corrected chi connectivity index (χ0v) is 14.3. The number of benzene rings is 1.